The van der Waals surface area contributed by atoms with Gasteiger partial charge in [-0.2, -0.15) is 0 Å². The summed E-state index contributed by atoms with van der Waals surface area (Å²) in [5.41, 5.74) is 5.61. The third kappa shape index (κ3) is 4.03. The molecule has 0 heterocycles. The van der Waals surface area contributed by atoms with Crippen molar-refractivity contribution in [1.29, 1.82) is 0 Å². The van der Waals surface area contributed by atoms with E-state index >= 15 is 0 Å². The Morgan fingerprint density at radius 2 is 1.45 bits per heavy atom. The first kappa shape index (κ1) is 15.5. The maximum atomic E-state index is 12.0. The molecule has 4 N–H and O–H groups in total. The average molecular weight is 315 g/mol. The van der Waals surface area contributed by atoms with Gasteiger partial charge in [0.05, 0.1) is 11.1 Å². The van der Waals surface area contributed by atoms with Crippen LogP contribution >= 0.6 is 12.2 Å². The van der Waals surface area contributed by atoms with Crippen LogP contribution in [0.4, 0.5) is 5.69 Å². The molecule has 0 unspecified atom stereocenters. The number of aromatic carboxylic acids is 1. The summed E-state index contributed by atoms with van der Waals surface area (Å²) in [6.45, 7) is 0. The lowest BCUT2D eigenvalue weighted by Gasteiger charge is -2.12. The molecule has 0 aliphatic carbocycles. The molecule has 0 atom stereocenters. The Morgan fingerprint density at radius 3 is 2.09 bits per heavy atom. The van der Waals surface area contributed by atoms with Crippen molar-refractivity contribution in [3.05, 3.63) is 65.7 Å². The van der Waals surface area contributed by atoms with E-state index in [-0.39, 0.29) is 16.2 Å². The standard InChI is InChI=1S/C15H13N3O3S/c19-13(11-8-4-5-9-12(11)14(20)21)17-18-15(22)16-10-6-2-1-3-7-10/h1-9H,(H,17,19)(H,20,21)(H2,16,18,22). The van der Waals surface area contributed by atoms with Crippen molar-refractivity contribution in [1.82, 2.24) is 10.9 Å². The summed E-state index contributed by atoms with van der Waals surface area (Å²) in [4.78, 5) is 23.1. The largest absolute Gasteiger partial charge is 0.478 e. The SMILES string of the molecule is O=C(O)c1ccccc1C(=O)NNC(=S)Nc1ccccc1. The zero-order valence-corrected chi connectivity index (χ0v) is 12.2. The predicted octanol–water partition coefficient (Wildman–Crippen LogP) is 2.02. The lowest BCUT2D eigenvalue weighted by Crippen LogP contribution is -2.44. The molecule has 0 aromatic heterocycles. The Labute approximate surface area is 132 Å². The highest BCUT2D eigenvalue weighted by atomic mass is 32.1. The molecule has 0 aliphatic rings. The summed E-state index contributed by atoms with van der Waals surface area (Å²) in [5, 5.41) is 12.1. The Balaban J connectivity index is 1.96. The highest BCUT2D eigenvalue weighted by Gasteiger charge is 2.15. The summed E-state index contributed by atoms with van der Waals surface area (Å²) < 4.78 is 0. The third-order valence-corrected chi connectivity index (χ3v) is 2.93. The Kier molecular flexibility index (Phi) is 5.05. The summed E-state index contributed by atoms with van der Waals surface area (Å²) in [6, 6.07) is 15.1. The van der Waals surface area contributed by atoms with Crippen LogP contribution in [0.3, 0.4) is 0 Å². The number of carboxylic acid groups (broad SMARTS) is 1. The quantitative estimate of drug-likeness (QED) is 0.512. The van der Waals surface area contributed by atoms with E-state index in [1.807, 2.05) is 30.3 Å². The molecule has 22 heavy (non-hydrogen) atoms. The monoisotopic (exact) mass is 315 g/mol. The fourth-order valence-electron chi connectivity index (χ4n) is 1.73. The van der Waals surface area contributed by atoms with Crippen LogP contribution in [0.5, 0.6) is 0 Å². The van der Waals surface area contributed by atoms with E-state index in [9.17, 15) is 9.59 Å². The first-order valence-corrected chi connectivity index (χ1v) is 6.73. The van der Waals surface area contributed by atoms with Gasteiger partial charge in [-0.05, 0) is 36.5 Å². The number of carbonyl (C=O) groups excluding carboxylic acids is 1. The van der Waals surface area contributed by atoms with Crippen LogP contribution < -0.4 is 16.2 Å². The fraction of sp³-hybridized carbons (Fsp3) is 0. The summed E-state index contributed by atoms with van der Waals surface area (Å²) >= 11 is 5.04. The number of carbonyl (C=O) groups is 2. The highest BCUT2D eigenvalue weighted by Crippen LogP contribution is 2.08. The predicted molar refractivity (Wildman–Crippen MR) is 86.7 cm³/mol. The lowest BCUT2D eigenvalue weighted by atomic mass is 10.1. The van der Waals surface area contributed by atoms with Crippen LogP contribution in [0.15, 0.2) is 54.6 Å². The second-order valence-electron chi connectivity index (χ2n) is 4.25. The molecule has 0 radical (unpaired) electrons. The second-order valence-corrected chi connectivity index (χ2v) is 4.66. The van der Waals surface area contributed by atoms with Crippen LogP contribution in [0.2, 0.25) is 0 Å². The van der Waals surface area contributed by atoms with Crippen molar-refractivity contribution in [3.8, 4) is 0 Å². The smallest absolute Gasteiger partial charge is 0.336 e. The molecule has 6 nitrogen and oxygen atoms in total. The van der Waals surface area contributed by atoms with E-state index in [2.05, 4.69) is 16.2 Å². The summed E-state index contributed by atoms with van der Waals surface area (Å²) in [5.74, 6) is -1.76. The molecule has 0 saturated carbocycles. The molecule has 2 aromatic rings. The topological polar surface area (TPSA) is 90.5 Å². The minimum atomic E-state index is -1.17. The van der Waals surface area contributed by atoms with E-state index in [4.69, 9.17) is 17.3 Å². The molecule has 0 fully saturated rings. The van der Waals surface area contributed by atoms with Crippen molar-refractivity contribution in [2.75, 3.05) is 5.32 Å². The number of para-hydroxylation sites is 1. The highest BCUT2D eigenvalue weighted by molar-refractivity contribution is 7.80. The van der Waals surface area contributed by atoms with Gasteiger partial charge in [-0.3, -0.25) is 15.6 Å². The molecule has 0 bridgehead atoms. The van der Waals surface area contributed by atoms with Crippen molar-refractivity contribution >= 4 is 34.9 Å². The first-order chi connectivity index (χ1) is 10.6. The van der Waals surface area contributed by atoms with Gasteiger partial charge in [0.1, 0.15) is 0 Å². The van der Waals surface area contributed by atoms with E-state index in [1.165, 1.54) is 12.1 Å². The Morgan fingerprint density at radius 1 is 0.864 bits per heavy atom. The number of rotatable bonds is 3. The van der Waals surface area contributed by atoms with Crippen LogP contribution in [-0.4, -0.2) is 22.1 Å². The van der Waals surface area contributed by atoms with Gasteiger partial charge < -0.3 is 10.4 Å². The normalized spacial score (nSPS) is 9.64. The number of amides is 1. The van der Waals surface area contributed by atoms with Gasteiger partial charge in [0.15, 0.2) is 5.11 Å². The molecule has 2 aromatic carbocycles. The Bertz CT molecular complexity index is 704. The Hall–Kier alpha value is -2.93. The van der Waals surface area contributed by atoms with Gasteiger partial charge in [-0.25, -0.2) is 4.79 Å². The van der Waals surface area contributed by atoms with Crippen molar-refractivity contribution in [2.45, 2.75) is 0 Å². The number of hydrazine groups is 1. The van der Waals surface area contributed by atoms with E-state index in [0.717, 1.165) is 5.69 Å². The lowest BCUT2D eigenvalue weighted by molar-refractivity contribution is 0.0691. The molecular weight excluding hydrogens is 302 g/mol. The fourth-order valence-corrected chi connectivity index (χ4v) is 1.90. The number of benzene rings is 2. The number of carboxylic acids is 1. The molecule has 0 spiro atoms. The minimum absolute atomic E-state index is 0.0463. The van der Waals surface area contributed by atoms with Crippen LogP contribution in [0.1, 0.15) is 20.7 Å². The van der Waals surface area contributed by atoms with Gasteiger partial charge in [0, 0.05) is 5.69 Å². The van der Waals surface area contributed by atoms with E-state index in [0.29, 0.717) is 0 Å². The zero-order valence-electron chi connectivity index (χ0n) is 11.4. The number of hydrogen-bond acceptors (Lipinski definition) is 3. The van der Waals surface area contributed by atoms with Crippen molar-refractivity contribution in [2.24, 2.45) is 0 Å². The molecule has 1 amide bonds. The zero-order chi connectivity index (χ0) is 15.9. The summed E-state index contributed by atoms with van der Waals surface area (Å²) in [7, 11) is 0. The maximum Gasteiger partial charge on any atom is 0.336 e. The molecule has 112 valence electrons. The number of anilines is 1. The number of thiocarbonyl (C=S) groups is 1. The van der Waals surface area contributed by atoms with Crippen LogP contribution in [0, 0.1) is 0 Å². The maximum absolute atomic E-state index is 12.0. The van der Waals surface area contributed by atoms with Gasteiger partial charge in [-0.1, -0.05) is 30.3 Å². The molecule has 0 aliphatic heterocycles. The third-order valence-electron chi connectivity index (χ3n) is 2.72. The van der Waals surface area contributed by atoms with Gasteiger partial charge in [0.25, 0.3) is 5.91 Å². The summed E-state index contributed by atoms with van der Waals surface area (Å²) in [6.07, 6.45) is 0. The van der Waals surface area contributed by atoms with Crippen molar-refractivity contribution in [3.63, 3.8) is 0 Å². The molecular formula is C15H13N3O3S. The van der Waals surface area contributed by atoms with Crippen LogP contribution in [0.25, 0.3) is 0 Å². The second kappa shape index (κ2) is 7.19. The average Bonchev–Trinajstić information content (AvgIpc) is 2.53. The molecule has 0 saturated heterocycles. The van der Waals surface area contributed by atoms with Gasteiger partial charge in [-0.15, -0.1) is 0 Å². The number of hydrogen-bond donors (Lipinski definition) is 4. The van der Waals surface area contributed by atoms with Crippen LogP contribution in [-0.2, 0) is 0 Å². The molecule has 7 heteroatoms. The van der Waals surface area contributed by atoms with E-state index < -0.39 is 11.9 Å². The number of nitrogens with one attached hydrogen (secondary N) is 3. The van der Waals surface area contributed by atoms with Crippen molar-refractivity contribution < 1.29 is 14.7 Å². The first-order valence-electron chi connectivity index (χ1n) is 6.32. The minimum Gasteiger partial charge on any atom is -0.478 e. The molecule has 2 rings (SSSR count). The van der Waals surface area contributed by atoms with Gasteiger partial charge in [0.2, 0.25) is 0 Å². The van der Waals surface area contributed by atoms with E-state index in [1.54, 1.807) is 12.1 Å². The van der Waals surface area contributed by atoms with Gasteiger partial charge >= 0.3 is 5.97 Å².